The Morgan fingerprint density at radius 1 is 0.864 bits per heavy atom. The monoisotopic (exact) mass is 815 g/mol. The summed E-state index contributed by atoms with van der Waals surface area (Å²) < 4.78 is 18.6. The van der Waals surface area contributed by atoms with Crippen molar-refractivity contribution in [2.45, 2.75) is 96.2 Å². The van der Waals surface area contributed by atoms with Crippen LogP contribution in [0.15, 0.2) is 45.6 Å². The molecule has 0 saturated carbocycles. The zero-order chi connectivity index (χ0) is 41.5. The number of para-hydroxylation sites is 1. The minimum atomic E-state index is -1.08. The predicted molar refractivity (Wildman–Crippen MR) is 223 cm³/mol. The van der Waals surface area contributed by atoms with Crippen LogP contribution in [0, 0.1) is 6.92 Å². The van der Waals surface area contributed by atoms with Crippen molar-refractivity contribution < 1.29 is 33.1 Å². The van der Waals surface area contributed by atoms with Crippen LogP contribution in [0.1, 0.15) is 75.0 Å². The third kappa shape index (κ3) is 10.3. The third-order valence-electron chi connectivity index (χ3n) is 12.7. The zero-order valence-electron chi connectivity index (χ0n) is 35.0. The molecule has 4 aliphatic heterocycles. The van der Waals surface area contributed by atoms with Crippen LogP contribution in [0.4, 0.5) is 15.3 Å². The standard InChI is InChI=1S/C44H61N7O8/c1-4-5-6-9-26-57-39(52)30-47-22-24-48(25-23-47)34-13-17-49(18-14-34)41(53)38(29-32-27-31(2)40-37(28-32)58-43(55)46(40)3)59-44(56)50-19-15-35(16-20-50)51-21-12-33-10-7-8-11-36(33)45-42(51)54/h7-8,10-11,27-28,34-35,38H,4-6,9,12-26,29-30H2,1-3H3,(H,45,54)/t38-/m1/s1. The fraction of sp³-hybridized carbons (Fsp3) is 0.614. The summed E-state index contributed by atoms with van der Waals surface area (Å²) in [6.45, 7) is 10.7. The molecule has 320 valence electrons. The first kappa shape index (κ1) is 42.2. The van der Waals surface area contributed by atoms with Crippen molar-refractivity contribution >= 4 is 40.8 Å². The molecule has 3 aromatic rings. The number of piperazine rings is 1. The number of hydrogen-bond donors (Lipinski definition) is 1. The van der Waals surface area contributed by atoms with Gasteiger partial charge in [-0.3, -0.25) is 24.0 Å². The fourth-order valence-electron chi connectivity index (χ4n) is 9.27. The van der Waals surface area contributed by atoms with E-state index in [0.29, 0.717) is 75.9 Å². The van der Waals surface area contributed by atoms with Gasteiger partial charge < -0.3 is 33.9 Å². The molecule has 15 nitrogen and oxygen atoms in total. The van der Waals surface area contributed by atoms with E-state index in [1.165, 1.54) is 4.57 Å². The van der Waals surface area contributed by atoms with Crippen LogP contribution in [0.3, 0.4) is 0 Å². The molecule has 15 heteroatoms. The molecule has 7 rings (SSSR count). The van der Waals surface area contributed by atoms with Crippen LogP contribution in [-0.2, 0) is 39.0 Å². The number of carbonyl (C=O) groups excluding carboxylic acids is 4. The molecule has 2 aromatic carbocycles. The predicted octanol–water partition coefficient (Wildman–Crippen LogP) is 4.77. The van der Waals surface area contributed by atoms with Crippen molar-refractivity contribution in [2.75, 3.05) is 77.4 Å². The van der Waals surface area contributed by atoms with Crippen molar-refractivity contribution in [3.63, 3.8) is 0 Å². The van der Waals surface area contributed by atoms with E-state index in [4.69, 9.17) is 13.9 Å². The summed E-state index contributed by atoms with van der Waals surface area (Å²) in [7, 11) is 1.66. The Labute approximate surface area is 346 Å². The van der Waals surface area contributed by atoms with E-state index in [0.717, 1.165) is 93.5 Å². The number of anilines is 1. The number of urea groups is 1. The first-order valence-corrected chi connectivity index (χ1v) is 21.7. The zero-order valence-corrected chi connectivity index (χ0v) is 35.0. The van der Waals surface area contributed by atoms with Gasteiger partial charge in [0.05, 0.1) is 18.7 Å². The Balaban J connectivity index is 0.944. The van der Waals surface area contributed by atoms with Gasteiger partial charge in [0.25, 0.3) is 5.91 Å². The number of aryl methyl sites for hydroxylation is 2. The molecule has 1 atom stereocenters. The second-order valence-corrected chi connectivity index (χ2v) is 16.7. The topological polar surface area (TPSA) is 150 Å². The minimum Gasteiger partial charge on any atom is -0.465 e. The van der Waals surface area contributed by atoms with Gasteiger partial charge in [-0.1, -0.05) is 50.5 Å². The van der Waals surface area contributed by atoms with Gasteiger partial charge in [-0.25, -0.2) is 14.4 Å². The molecular weight excluding hydrogens is 755 g/mol. The quantitative estimate of drug-likeness (QED) is 0.189. The van der Waals surface area contributed by atoms with E-state index >= 15 is 0 Å². The van der Waals surface area contributed by atoms with Crippen LogP contribution in [0.5, 0.6) is 0 Å². The number of benzene rings is 2. The average molecular weight is 816 g/mol. The lowest BCUT2D eigenvalue weighted by Crippen LogP contribution is -2.55. The number of nitrogens with zero attached hydrogens (tertiary/aromatic N) is 6. The molecule has 3 saturated heterocycles. The molecule has 0 radical (unpaired) electrons. The van der Waals surface area contributed by atoms with Gasteiger partial charge >= 0.3 is 23.8 Å². The highest BCUT2D eigenvalue weighted by Crippen LogP contribution is 2.27. The number of amides is 4. The summed E-state index contributed by atoms with van der Waals surface area (Å²) in [5.41, 5.74) is 4.61. The minimum absolute atomic E-state index is 0.0214. The number of hydrogen-bond acceptors (Lipinski definition) is 10. The summed E-state index contributed by atoms with van der Waals surface area (Å²) in [4.78, 5) is 76.1. The largest absolute Gasteiger partial charge is 0.465 e. The number of esters is 1. The number of ether oxygens (including phenoxy) is 2. The number of likely N-dealkylation sites (tertiary alicyclic amines) is 2. The summed E-state index contributed by atoms with van der Waals surface area (Å²) >= 11 is 0. The molecule has 1 aromatic heterocycles. The molecule has 3 fully saturated rings. The first-order valence-electron chi connectivity index (χ1n) is 21.7. The van der Waals surface area contributed by atoms with Crippen molar-refractivity contribution in [3.05, 3.63) is 63.6 Å². The molecule has 0 aliphatic carbocycles. The normalized spacial score (nSPS) is 19.3. The van der Waals surface area contributed by atoms with Crippen molar-refractivity contribution in [1.82, 2.24) is 29.1 Å². The highest BCUT2D eigenvalue weighted by Gasteiger charge is 2.37. The maximum atomic E-state index is 14.3. The SMILES string of the molecule is CCCCCCOC(=O)CN1CCN(C2CCN(C(=O)[C@@H](Cc3cc(C)c4c(c3)oc(=O)n4C)OC(=O)N3CCC(N4CCc5ccccc5NC4=O)CC3)CC2)CC1. The molecule has 5 heterocycles. The fourth-order valence-corrected chi connectivity index (χ4v) is 9.27. The molecule has 4 amide bonds. The number of unbranched alkanes of at least 4 members (excludes halogenated alkanes) is 3. The van der Waals surface area contributed by atoms with Crippen LogP contribution in [-0.4, -0.2) is 143 Å². The Morgan fingerprint density at radius 3 is 2.32 bits per heavy atom. The molecule has 4 aliphatic rings. The molecule has 0 spiro atoms. The summed E-state index contributed by atoms with van der Waals surface area (Å²) in [6, 6.07) is 11.7. The Kier molecular flexibility index (Phi) is 13.9. The summed E-state index contributed by atoms with van der Waals surface area (Å²) in [6.07, 6.45) is 6.38. The van der Waals surface area contributed by atoms with E-state index in [2.05, 4.69) is 22.0 Å². The molecule has 1 N–H and O–H groups in total. The van der Waals surface area contributed by atoms with Crippen molar-refractivity contribution in [3.8, 4) is 0 Å². The lowest BCUT2D eigenvalue weighted by atomic mass is 9.99. The lowest BCUT2D eigenvalue weighted by Gasteiger charge is -2.43. The van der Waals surface area contributed by atoms with E-state index in [1.54, 1.807) is 18.0 Å². The van der Waals surface area contributed by atoms with Crippen molar-refractivity contribution in [2.24, 2.45) is 7.05 Å². The second-order valence-electron chi connectivity index (χ2n) is 16.7. The lowest BCUT2D eigenvalue weighted by molar-refractivity contribution is -0.145. The van der Waals surface area contributed by atoms with E-state index < -0.39 is 18.0 Å². The number of nitrogens with one attached hydrogen (secondary N) is 1. The smallest absolute Gasteiger partial charge is 0.419 e. The van der Waals surface area contributed by atoms with Crippen LogP contribution < -0.4 is 11.1 Å². The number of fused-ring (bicyclic) bond motifs is 2. The number of oxazole rings is 1. The van der Waals surface area contributed by atoms with Crippen molar-refractivity contribution in [1.29, 1.82) is 0 Å². The van der Waals surface area contributed by atoms with Gasteiger partial charge in [0.15, 0.2) is 11.7 Å². The van der Waals surface area contributed by atoms with E-state index in [-0.39, 0.29) is 30.4 Å². The van der Waals surface area contributed by atoms with Gasteiger partial charge in [-0.15, -0.1) is 0 Å². The Hall–Kier alpha value is -4.89. The van der Waals surface area contributed by atoms with E-state index in [1.807, 2.05) is 47.1 Å². The first-order chi connectivity index (χ1) is 28.6. The number of aromatic nitrogens is 1. The maximum Gasteiger partial charge on any atom is 0.419 e. The van der Waals surface area contributed by atoms with Crippen LogP contribution in [0.25, 0.3) is 11.1 Å². The number of rotatable bonds is 13. The van der Waals surface area contributed by atoms with Gasteiger partial charge in [-0.05, 0) is 74.3 Å². The van der Waals surface area contributed by atoms with Gasteiger partial charge in [0.2, 0.25) is 0 Å². The average Bonchev–Trinajstić information content (AvgIpc) is 3.42. The Bertz CT molecular complexity index is 2010. The van der Waals surface area contributed by atoms with Crippen LogP contribution in [0.2, 0.25) is 0 Å². The molecule has 0 unspecified atom stereocenters. The van der Waals surface area contributed by atoms with E-state index in [9.17, 15) is 24.0 Å². The Morgan fingerprint density at radius 2 is 1.58 bits per heavy atom. The number of piperidine rings is 2. The molecule has 59 heavy (non-hydrogen) atoms. The third-order valence-corrected chi connectivity index (χ3v) is 12.7. The van der Waals surface area contributed by atoms with Crippen LogP contribution >= 0.6 is 0 Å². The maximum absolute atomic E-state index is 14.3. The van der Waals surface area contributed by atoms with Gasteiger partial charge in [0, 0.05) is 90.1 Å². The summed E-state index contributed by atoms with van der Waals surface area (Å²) in [5, 5.41) is 3.05. The second kappa shape index (κ2) is 19.4. The molecule has 0 bridgehead atoms. The highest BCUT2D eigenvalue weighted by molar-refractivity contribution is 5.91. The van der Waals surface area contributed by atoms with Gasteiger partial charge in [0.1, 0.15) is 0 Å². The number of carbonyl (C=O) groups is 4. The molecular formula is C44H61N7O8. The highest BCUT2D eigenvalue weighted by atomic mass is 16.6. The van der Waals surface area contributed by atoms with Gasteiger partial charge in [-0.2, -0.15) is 0 Å². The summed E-state index contributed by atoms with van der Waals surface area (Å²) in [5.74, 6) is -0.860.